The summed E-state index contributed by atoms with van der Waals surface area (Å²) in [4.78, 5) is 40.0. The average Bonchev–Trinajstić information content (AvgIpc) is 2.81. The van der Waals surface area contributed by atoms with Crippen LogP contribution in [0, 0.1) is 0 Å². The maximum absolute atomic E-state index is 12.7. The number of nitrogens with one attached hydrogen (secondary N) is 1. The van der Waals surface area contributed by atoms with Crippen molar-refractivity contribution in [1.82, 2.24) is 15.1 Å². The summed E-state index contributed by atoms with van der Waals surface area (Å²) < 4.78 is 0. The molecule has 6 heteroatoms. The van der Waals surface area contributed by atoms with E-state index in [9.17, 15) is 14.4 Å². The maximum Gasteiger partial charge on any atom is 0.255 e. The number of nitrogens with zero attached hydrogens (tertiary/aromatic N) is 2. The van der Waals surface area contributed by atoms with Gasteiger partial charge in [0.15, 0.2) is 0 Å². The van der Waals surface area contributed by atoms with Gasteiger partial charge in [-0.1, -0.05) is 6.07 Å². The van der Waals surface area contributed by atoms with Gasteiger partial charge < -0.3 is 9.80 Å². The Morgan fingerprint density at radius 2 is 1.87 bits per heavy atom. The number of hydrogen-bond acceptors (Lipinski definition) is 4. The molecule has 120 valence electrons. The smallest absolute Gasteiger partial charge is 0.255 e. The Bertz CT molecular complexity index is 728. The van der Waals surface area contributed by atoms with Gasteiger partial charge in [0.1, 0.15) is 6.04 Å². The van der Waals surface area contributed by atoms with Crippen LogP contribution in [-0.2, 0) is 29.1 Å². The topological polar surface area (TPSA) is 69.7 Å². The lowest BCUT2D eigenvalue weighted by Gasteiger charge is -2.29. The Kier molecular flexibility index (Phi) is 3.23. The summed E-state index contributed by atoms with van der Waals surface area (Å²) in [5, 5.41) is 2.34. The lowest BCUT2D eigenvalue weighted by atomic mass is 9.95. The van der Waals surface area contributed by atoms with E-state index in [1.165, 1.54) is 11.1 Å². The van der Waals surface area contributed by atoms with E-state index in [-0.39, 0.29) is 24.1 Å². The zero-order chi connectivity index (χ0) is 16.1. The summed E-state index contributed by atoms with van der Waals surface area (Å²) in [5.41, 5.74) is 4.22. The van der Waals surface area contributed by atoms with Gasteiger partial charge in [0.2, 0.25) is 11.8 Å². The second-order valence-electron chi connectivity index (χ2n) is 6.67. The normalized spacial score (nSPS) is 24.5. The van der Waals surface area contributed by atoms with E-state index >= 15 is 0 Å². The number of hydrogen-bond donors (Lipinski definition) is 1. The number of piperidine rings is 1. The molecule has 1 N–H and O–H groups in total. The molecule has 23 heavy (non-hydrogen) atoms. The van der Waals surface area contributed by atoms with Crippen LogP contribution in [-0.4, -0.2) is 47.2 Å². The third kappa shape index (κ3) is 2.34. The largest absolute Gasteiger partial charge is 0.322 e. The Hall–Kier alpha value is -2.21. The van der Waals surface area contributed by atoms with Gasteiger partial charge in [0.05, 0.1) is 0 Å². The summed E-state index contributed by atoms with van der Waals surface area (Å²) in [6.45, 7) is 2.35. The highest BCUT2D eigenvalue weighted by molar-refractivity contribution is 6.05. The van der Waals surface area contributed by atoms with Crippen molar-refractivity contribution in [2.24, 2.45) is 0 Å². The van der Waals surface area contributed by atoms with Gasteiger partial charge in [-0.25, -0.2) is 0 Å². The first-order valence-electron chi connectivity index (χ1n) is 8.01. The first kappa shape index (κ1) is 14.4. The lowest BCUT2D eigenvalue weighted by molar-refractivity contribution is -0.136. The van der Waals surface area contributed by atoms with Crippen LogP contribution in [0.1, 0.15) is 39.9 Å². The van der Waals surface area contributed by atoms with Crippen molar-refractivity contribution in [2.45, 2.75) is 38.4 Å². The van der Waals surface area contributed by atoms with Crippen molar-refractivity contribution in [1.29, 1.82) is 0 Å². The number of rotatable bonds is 1. The van der Waals surface area contributed by atoms with Gasteiger partial charge >= 0.3 is 0 Å². The van der Waals surface area contributed by atoms with Crippen molar-refractivity contribution < 1.29 is 14.4 Å². The number of amides is 3. The van der Waals surface area contributed by atoms with E-state index in [0.29, 0.717) is 13.0 Å². The zero-order valence-electron chi connectivity index (χ0n) is 13.1. The monoisotopic (exact) mass is 313 g/mol. The van der Waals surface area contributed by atoms with Crippen LogP contribution in [0.4, 0.5) is 0 Å². The summed E-state index contributed by atoms with van der Waals surface area (Å²) in [6.07, 6.45) is 1.65. The van der Waals surface area contributed by atoms with Gasteiger partial charge in [-0.2, -0.15) is 0 Å². The standard InChI is InChI=1S/C17H19N3O3/c1-19-5-4-10-7-13-12(6-11(10)8-19)9-20(17(13)23)14-2-3-15(21)18-16(14)22/h6-7,14H,2-5,8-9H2,1H3,(H,18,21,22)/t14-/m0/s1. The molecule has 1 saturated heterocycles. The van der Waals surface area contributed by atoms with E-state index in [2.05, 4.69) is 23.3 Å². The third-order valence-electron chi connectivity index (χ3n) is 5.05. The third-order valence-corrected chi connectivity index (χ3v) is 5.05. The molecule has 3 aliphatic rings. The summed E-state index contributed by atoms with van der Waals surface area (Å²) >= 11 is 0. The SMILES string of the molecule is CN1CCc2cc3c(cc2C1)CN([C@H]1CCC(=O)NC1=O)C3=O. The predicted molar refractivity (Wildman–Crippen MR) is 82.5 cm³/mol. The van der Waals surface area contributed by atoms with Crippen molar-refractivity contribution in [2.75, 3.05) is 13.6 Å². The molecule has 1 fully saturated rings. The molecule has 0 saturated carbocycles. The van der Waals surface area contributed by atoms with Crippen molar-refractivity contribution in [3.63, 3.8) is 0 Å². The average molecular weight is 313 g/mol. The Balaban J connectivity index is 1.63. The fraction of sp³-hybridized carbons (Fsp3) is 0.471. The van der Waals surface area contributed by atoms with Crippen LogP contribution in [0.5, 0.6) is 0 Å². The van der Waals surface area contributed by atoms with Gasteiger partial charge in [-0.15, -0.1) is 0 Å². The van der Waals surface area contributed by atoms with Crippen molar-refractivity contribution in [3.8, 4) is 0 Å². The Morgan fingerprint density at radius 3 is 2.65 bits per heavy atom. The summed E-state index contributed by atoms with van der Waals surface area (Å²) in [6, 6.07) is 3.59. The molecule has 0 aliphatic carbocycles. The molecular weight excluding hydrogens is 294 g/mol. The van der Waals surface area contributed by atoms with E-state index in [0.717, 1.165) is 30.6 Å². The number of imide groups is 1. The van der Waals surface area contributed by atoms with Crippen LogP contribution >= 0.6 is 0 Å². The quantitative estimate of drug-likeness (QED) is 0.764. The molecule has 3 amide bonds. The molecule has 1 atom stereocenters. The first-order chi connectivity index (χ1) is 11.0. The van der Waals surface area contributed by atoms with Gasteiger partial charge in [-0.05, 0) is 42.6 Å². The molecule has 3 aliphatic heterocycles. The molecule has 4 rings (SSSR count). The first-order valence-corrected chi connectivity index (χ1v) is 8.01. The second kappa shape index (κ2) is 5.16. The minimum absolute atomic E-state index is 0.0868. The number of benzene rings is 1. The summed E-state index contributed by atoms with van der Waals surface area (Å²) in [7, 11) is 2.09. The van der Waals surface area contributed by atoms with E-state index in [1.54, 1.807) is 4.90 Å². The van der Waals surface area contributed by atoms with E-state index in [1.807, 2.05) is 6.07 Å². The summed E-state index contributed by atoms with van der Waals surface area (Å²) in [5.74, 6) is -0.697. The molecule has 0 spiro atoms. The van der Waals surface area contributed by atoms with Crippen LogP contribution in [0.15, 0.2) is 12.1 Å². The molecule has 6 nitrogen and oxygen atoms in total. The maximum atomic E-state index is 12.7. The Labute approximate surface area is 134 Å². The fourth-order valence-corrected chi connectivity index (χ4v) is 3.77. The molecule has 1 aromatic rings. The van der Waals surface area contributed by atoms with Gasteiger partial charge in [0, 0.05) is 31.6 Å². The number of fused-ring (bicyclic) bond motifs is 2. The predicted octanol–water partition coefficient (Wildman–Crippen LogP) is 0.436. The number of carbonyl (C=O) groups is 3. The van der Waals surface area contributed by atoms with Crippen molar-refractivity contribution in [3.05, 3.63) is 34.4 Å². The highest BCUT2D eigenvalue weighted by Crippen LogP contribution is 2.31. The molecule has 0 unspecified atom stereocenters. The molecule has 0 radical (unpaired) electrons. The van der Waals surface area contributed by atoms with Crippen molar-refractivity contribution >= 4 is 17.7 Å². The lowest BCUT2D eigenvalue weighted by Crippen LogP contribution is -2.52. The Morgan fingerprint density at radius 1 is 1.04 bits per heavy atom. The number of likely N-dealkylation sites (N-methyl/N-ethyl adjacent to an activating group) is 1. The van der Waals surface area contributed by atoms with Crippen LogP contribution < -0.4 is 5.32 Å². The van der Waals surface area contributed by atoms with Gasteiger partial charge in [-0.3, -0.25) is 19.7 Å². The highest BCUT2D eigenvalue weighted by atomic mass is 16.2. The molecule has 0 bridgehead atoms. The molecular formula is C17H19N3O3. The molecule has 1 aromatic carbocycles. The van der Waals surface area contributed by atoms with Crippen LogP contribution in [0.25, 0.3) is 0 Å². The highest BCUT2D eigenvalue weighted by Gasteiger charge is 2.39. The molecule has 0 aromatic heterocycles. The van der Waals surface area contributed by atoms with E-state index in [4.69, 9.17) is 0 Å². The second-order valence-corrected chi connectivity index (χ2v) is 6.67. The minimum atomic E-state index is -0.535. The zero-order valence-corrected chi connectivity index (χ0v) is 13.1. The van der Waals surface area contributed by atoms with Crippen LogP contribution in [0.3, 0.4) is 0 Å². The van der Waals surface area contributed by atoms with Crippen LogP contribution in [0.2, 0.25) is 0 Å². The minimum Gasteiger partial charge on any atom is -0.322 e. The molecule has 3 heterocycles. The van der Waals surface area contributed by atoms with E-state index < -0.39 is 6.04 Å². The number of carbonyl (C=O) groups excluding carboxylic acids is 3. The van der Waals surface area contributed by atoms with Gasteiger partial charge in [0.25, 0.3) is 5.91 Å². The fourth-order valence-electron chi connectivity index (χ4n) is 3.77.